The molecule has 0 aromatic heterocycles. The van der Waals surface area contributed by atoms with Crippen LogP contribution in [0.25, 0.3) is 0 Å². The molecule has 3 nitrogen and oxygen atoms in total. The van der Waals surface area contributed by atoms with Gasteiger partial charge in [-0.15, -0.1) is 0 Å². The standard InChI is InChI=1S/C14H11Br2NO2/c1-19-13-5-3-8(6-11(13)16)14(18)9-2-4-10(15)12(17)7-9/h2-7H,17H2,1H3. The van der Waals surface area contributed by atoms with E-state index in [1.54, 1.807) is 43.5 Å². The van der Waals surface area contributed by atoms with E-state index in [4.69, 9.17) is 10.5 Å². The van der Waals surface area contributed by atoms with E-state index in [1.807, 2.05) is 0 Å². The summed E-state index contributed by atoms with van der Waals surface area (Å²) in [4.78, 5) is 12.3. The van der Waals surface area contributed by atoms with Crippen molar-refractivity contribution in [3.8, 4) is 5.75 Å². The van der Waals surface area contributed by atoms with E-state index >= 15 is 0 Å². The summed E-state index contributed by atoms with van der Waals surface area (Å²) in [5.74, 6) is 0.606. The monoisotopic (exact) mass is 383 g/mol. The summed E-state index contributed by atoms with van der Waals surface area (Å²) in [5.41, 5.74) is 7.46. The third-order valence-corrected chi connectivity index (χ3v) is 4.01. The van der Waals surface area contributed by atoms with E-state index < -0.39 is 0 Å². The number of ketones is 1. The van der Waals surface area contributed by atoms with Crippen LogP contribution < -0.4 is 10.5 Å². The van der Waals surface area contributed by atoms with Crippen molar-refractivity contribution < 1.29 is 9.53 Å². The molecule has 2 aromatic rings. The molecule has 98 valence electrons. The van der Waals surface area contributed by atoms with Crippen LogP contribution in [-0.2, 0) is 0 Å². The highest BCUT2D eigenvalue weighted by atomic mass is 79.9. The van der Waals surface area contributed by atoms with Gasteiger partial charge in [0.2, 0.25) is 0 Å². The predicted molar refractivity (Wildman–Crippen MR) is 82.7 cm³/mol. The first-order valence-electron chi connectivity index (χ1n) is 5.46. The van der Waals surface area contributed by atoms with Gasteiger partial charge in [0.25, 0.3) is 0 Å². The van der Waals surface area contributed by atoms with Crippen molar-refractivity contribution in [1.29, 1.82) is 0 Å². The Morgan fingerprint density at radius 2 is 1.68 bits per heavy atom. The van der Waals surface area contributed by atoms with Gasteiger partial charge >= 0.3 is 0 Å². The number of methoxy groups -OCH3 is 1. The molecule has 5 heteroatoms. The fourth-order valence-electron chi connectivity index (χ4n) is 1.66. The van der Waals surface area contributed by atoms with Gasteiger partial charge in [0.05, 0.1) is 11.6 Å². The lowest BCUT2D eigenvalue weighted by Gasteiger charge is -2.07. The molecule has 0 aliphatic rings. The van der Waals surface area contributed by atoms with Gasteiger partial charge in [-0.05, 0) is 68.3 Å². The Morgan fingerprint density at radius 1 is 1.05 bits per heavy atom. The first-order chi connectivity index (χ1) is 9.02. The number of nitrogen functional groups attached to an aromatic ring is 1. The van der Waals surface area contributed by atoms with Crippen LogP contribution in [0.3, 0.4) is 0 Å². The van der Waals surface area contributed by atoms with Crippen molar-refractivity contribution in [2.45, 2.75) is 0 Å². The zero-order chi connectivity index (χ0) is 14.0. The summed E-state index contributed by atoms with van der Waals surface area (Å²) in [6, 6.07) is 10.4. The SMILES string of the molecule is COc1ccc(C(=O)c2ccc(Br)c(N)c2)cc1Br. The zero-order valence-corrected chi connectivity index (χ0v) is 13.3. The van der Waals surface area contributed by atoms with E-state index in [9.17, 15) is 4.79 Å². The van der Waals surface area contributed by atoms with Crippen LogP contribution >= 0.6 is 31.9 Å². The lowest BCUT2D eigenvalue weighted by molar-refractivity contribution is 0.103. The van der Waals surface area contributed by atoms with E-state index in [0.29, 0.717) is 22.6 Å². The van der Waals surface area contributed by atoms with E-state index in [-0.39, 0.29) is 5.78 Å². The van der Waals surface area contributed by atoms with Gasteiger partial charge in [-0.2, -0.15) is 0 Å². The number of halogens is 2. The van der Waals surface area contributed by atoms with E-state index in [1.165, 1.54) is 0 Å². The molecular weight excluding hydrogens is 374 g/mol. The van der Waals surface area contributed by atoms with Gasteiger partial charge < -0.3 is 10.5 Å². The van der Waals surface area contributed by atoms with Gasteiger partial charge in [0, 0.05) is 21.3 Å². The van der Waals surface area contributed by atoms with Crippen molar-refractivity contribution in [1.82, 2.24) is 0 Å². The number of hydrogen-bond donors (Lipinski definition) is 1. The second-order valence-corrected chi connectivity index (χ2v) is 5.62. The third-order valence-electron chi connectivity index (χ3n) is 2.67. The molecule has 0 saturated heterocycles. The zero-order valence-electron chi connectivity index (χ0n) is 10.1. The molecule has 0 unspecified atom stereocenters. The summed E-state index contributed by atoms with van der Waals surface area (Å²) in [5, 5.41) is 0. The number of carbonyl (C=O) groups is 1. The second-order valence-electron chi connectivity index (χ2n) is 3.91. The maximum absolute atomic E-state index is 12.3. The minimum absolute atomic E-state index is 0.0810. The van der Waals surface area contributed by atoms with Crippen molar-refractivity contribution in [3.05, 3.63) is 56.5 Å². The highest BCUT2D eigenvalue weighted by molar-refractivity contribution is 9.11. The van der Waals surface area contributed by atoms with E-state index in [2.05, 4.69) is 31.9 Å². The molecule has 19 heavy (non-hydrogen) atoms. The molecule has 0 aliphatic heterocycles. The van der Waals surface area contributed by atoms with Crippen LogP contribution in [0.4, 0.5) is 5.69 Å². The van der Waals surface area contributed by atoms with Crippen LogP contribution in [-0.4, -0.2) is 12.9 Å². The fraction of sp³-hybridized carbons (Fsp3) is 0.0714. The summed E-state index contributed by atoms with van der Waals surface area (Å²) in [6.45, 7) is 0. The maximum Gasteiger partial charge on any atom is 0.193 e. The summed E-state index contributed by atoms with van der Waals surface area (Å²) < 4.78 is 6.66. The molecule has 0 amide bonds. The van der Waals surface area contributed by atoms with Crippen LogP contribution in [0.5, 0.6) is 5.75 Å². The molecule has 2 aromatic carbocycles. The number of carbonyl (C=O) groups excluding carboxylic acids is 1. The number of benzene rings is 2. The second kappa shape index (κ2) is 5.75. The van der Waals surface area contributed by atoms with Gasteiger partial charge in [-0.25, -0.2) is 0 Å². The number of anilines is 1. The van der Waals surface area contributed by atoms with E-state index in [0.717, 1.165) is 8.95 Å². The summed E-state index contributed by atoms with van der Waals surface area (Å²) in [7, 11) is 1.58. The van der Waals surface area contributed by atoms with Gasteiger partial charge in [0.1, 0.15) is 5.75 Å². The molecule has 0 aliphatic carbocycles. The Morgan fingerprint density at radius 3 is 2.26 bits per heavy atom. The molecule has 0 heterocycles. The van der Waals surface area contributed by atoms with Crippen LogP contribution in [0.15, 0.2) is 45.3 Å². The van der Waals surface area contributed by atoms with Crippen molar-refractivity contribution in [2.75, 3.05) is 12.8 Å². The summed E-state index contributed by atoms with van der Waals surface area (Å²) >= 11 is 6.67. The van der Waals surface area contributed by atoms with Crippen molar-refractivity contribution >= 4 is 43.3 Å². The molecule has 0 spiro atoms. The van der Waals surface area contributed by atoms with Gasteiger partial charge in [-0.3, -0.25) is 4.79 Å². The largest absolute Gasteiger partial charge is 0.496 e. The molecule has 2 rings (SSSR count). The normalized spacial score (nSPS) is 10.3. The minimum atomic E-state index is -0.0810. The molecule has 0 fully saturated rings. The topological polar surface area (TPSA) is 52.3 Å². The van der Waals surface area contributed by atoms with Crippen LogP contribution in [0.2, 0.25) is 0 Å². The maximum atomic E-state index is 12.3. The molecule has 0 atom stereocenters. The van der Waals surface area contributed by atoms with Gasteiger partial charge in [-0.1, -0.05) is 0 Å². The Balaban J connectivity index is 2.38. The molecular formula is C14H11Br2NO2. The Bertz CT molecular complexity index is 641. The smallest absolute Gasteiger partial charge is 0.193 e. The molecule has 0 radical (unpaired) electrons. The molecule has 0 bridgehead atoms. The number of rotatable bonds is 3. The average molecular weight is 385 g/mol. The number of nitrogens with two attached hydrogens (primary N) is 1. The highest BCUT2D eigenvalue weighted by Gasteiger charge is 2.12. The first kappa shape index (κ1) is 14.1. The third kappa shape index (κ3) is 2.98. The Hall–Kier alpha value is -1.33. The molecule has 2 N–H and O–H groups in total. The average Bonchev–Trinajstić information content (AvgIpc) is 2.41. The first-order valence-corrected chi connectivity index (χ1v) is 7.05. The van der Waals surface area contributed by atoms with Gasteiger partial charge in [0.15, 0.2) is 5.78 Å². The van der Waals surface area contributed by atoms with Crippen LogP contribution in [0.1, 0.15) is 15.9 Å². The van der Waals surface area contributed by atoms with Crippen molar-refractivity contribution in [2.24, 2.45) is 0 Å². The number of ether oxygens (including phenoxy) is 1. The lowest BCUT2D eigenvalue weighted by Crippen LogP contribution is -2.02. The lowest BCUT2D eigenvalue weighted by atomic mass is 10.0. The Labute approximate surface area is 128 Å². The fourth-order valence-corrected chi connectivity index (χ4v) is 2.45. The minimum Gasteiger partial charge on any atom is -0.496 e. The number of hydrogen-bond acceptors (Lipinski definition) is 3. The predicted octanol–water partition coefficient (Wildman–Crippen LogP) is 4.03. The van der Waals surface area contributed by atoms with Crippen molar-refractivity contribution in [3.63, 3.8) is 0 Å². The highest BCUT2D eigenvalue weighted by Crippen LogP contribution is 2.27. The van der Waals surface area contributed by atoms with Crippen LogP contribution in [0, 0.1) is 0 Å². The summed E-state index contributed by atoms with van der Waals surface area (Å²) in [6.07, 6.45) is 0. The molecule has 0 saturated carbocycles. The quantitative estimate of drug-likeness (QED) is 0.641. The Kier molecular flexibility index (Phi) is 4.27.